The smallest absolute Gasteiger partial charge is 0.344 e. The number of hydrogen-bond acceptors (Lipinski definition) is 6. The van der Waals surface area contributed by atoms with Crippen molar-refractivity contribution in [2.24, 2.45) is 0 Å². The second-order valence-electron chi connectivity index (χ2n) is 7.35. The van der Waals surface area contributed by atoms with E-state index in [0.29, 0.717) is 46.5 Å². The maximum atomic E-state index is 12.8. The Balaban J connectivity index is 1.55. The summed E-state index contributed by atoms with van der Waals surface area (Å²) in [5.74, 6) is 0.225. The lowest BCUT2D eigenvalue weighted by atomic mass is 10.1. The first kappa shape index (κ1) is 24.5. The molecule has 0 aliphatic heterocycles. The Hall–Kier alpha value is -2.13. The number of halogens is 1. The molecule has 0 spiro atoms. The average molecular weight is 496 g/mol. The molecule has 0 radical (unpaired) electrons. The Morgan fingerprint density at radius 3 is 2.66 bits per heavy atom. The number of fused-ring (bicyclic) bond motifs is 1. The van der Waals surface area contributed by atoms with Crippen molar-refractivity contribution in [1.29, 1.82) is 0 Å². The highest BCUT2D eigenvalue weighted by Gasteiger charge is 2.21. The van der Waals surface area contributed by atoms with Gasteiger partial charge in [-0.2, -0.15) is 0 Å². The number of carbonyl (C=O) groups excluding carboxylic acids is 1. The molecule has 0 fully saturated rings. The quantitative estimate of drug-likeness (QED) is 0.315. The number of sulfonamides is 1. The number of rotatable bonds is 10. The summed E-state index contributed by atoms with van der Waals surface area (Å²) in [6, 6.07) is 11.1. The van der Waals surface area contributed by atoms with Gasteiger partial charge in [0.1, 0.15) is 9.96 Å². The van der Waals surface area contributed by atoms with Gasteiger partial charge in [-0.05, 0) is 80.0 Å². The van der Waals surface area contributed by atoms with Crippen molar-refractivity contribution in [3.05, 3.63) is 58.1 Å². The van der Waals surface area contributed by atoms with Gasteiger partial charge < -0.3 is 9.47 Å². The van der Waals surface area contributed by atoms with E-state index in [4.69, 9.17) is 21.1 Å². The summed E-state index contributed by atoms with van der Waals surface area (Å²) in [4.78, 5) is 11.4. The van der Waals surface area contributed by atoms with Gasteiger partial charge in [-0.1, -0.05) is 23.7 Å². The van der Waals surface area contributed by atoms with Crippen LogP contribution in [0, 0.1) is 13.8 Å². The van der Waals surface area contributed by atoms with Crippen LogP contribution in [0.25, 0.3) is 10.1 Å². The van der Waals surface area contributed by atoms with E-state index in [-0.39, 0.29) is 6.61 Å². The zero-order valence-electron chi connectivity index (χ0n) is 18.2. The van der Waals surface area contributed by atoms with Crippen LogP contribution in [0.2, 0.25) is 5.02 Å². The molecule has 0 aliphatic rings. The van der Waals surface area contributed by atoms with Crippen molar-refractivity contribution in [1.82, 2.24) is 4.72 Å². The number of hydrogen-bond donors (Lipinski definition) is 1. The lowest BCUT2D eigenvalue weighted by Gasteiger charge is -2.11. The van der Waals surface area contributed by atoms with Crippen LogP contribution in [0.1, 0.15) is 30.0 Å². The fourth-order valence-electron chi connectivity index (χ4n) is 3.36. The molecule has 0 atom stereocenters. The van der Waals surface area contributed by atoms with E-state index in [9.17, 15) is 13.2 Å². The first-order chi connectivity index (χ1) is 15.2. The van der Waals surface area contributed by atoms with Crippen LogP contribution in [0.4, 0.5) is 0 Å². The molecular formula is C23H26ClNO5S2. The largest absolute Gasteiger partial charge is 0.482 e. The van der Waals surface area contributed by atoms with Gasteiger partial charge in [0.2, 0.25) is 10.0 Å². The van der Waals surface area contributed by atoms with Crippen LogP contribution in [-0.4, -0.2) is 34.1 Å². The molecule has 1 N–H and O–H groups in total. The Labute approximate surface area is 197 Å². The molecule has 0 amide bonds. The van der Waals surface area contributed by atoms with Crippen molar-refractivity contribution in [3.8, 4) is 5.75 Å². The maximum Gasteiger partial charge on any atom is 0.344 e. The van der Waals surface area contributed by atoms with Crippen LogP contribution in [0.5, 0.6) is 5.75 Å². The van der Waals surface area contributed by atoms with Gasteiger partial charge in [-0.3, -0.25) is 0 Å². The minimum absolute atomic E-state index is 0.126. The number of carbonyl (C=O) groups is 1. The van der Waals surface area contributed by atoms with E-state index in [2.05, 4.69) is 4.72 Å². The Morgan fingerprint density at radius 2 is 1.94 bits per heavy atom. The molecule has 6 nitrogen and oxygen atoms in total. The molecule has 1 aromatic heterocycles. The maximum absolute atomic E-state index is 12.8. The molecule has 2 aromatic carbocycles. The summed E-state index contributed by atoms with van der Waals surface area (Å²) < 4.78 is 39.9. The van der Waals surface area contributed by atoms with E-state index >= 15 is 0 Å². The highest BCUT2D eigenvalue weighted by Crippen LogP contribution is 2.35. The Morgan fingerprint density at radius 1 is 1.16 bits per heavy atom. The van der Waals surface area contributed by atoms with Crippen molar-refractivity contribution in [2.45, 2.75) is 37.8 Å². The zero-order valence-corrected chi connectivity index (χ0v) is 20.6. The fraction of sp³-hybridized carbons (Fsp3) is 0.348. The number of aryl methyl sites for hydroxylation is 3. The molecule has 0 bridgehead atoms. The Kier molecular flexibility index (Phi) is 8.16. The minimum Gasteiger partial charge on any atom is -0.482 e. The predicted octanol–water partition coefficient (Wildman–Crippen LogP) is 5.02. The molecule has 0 saturated carbocycles. The topological polar surface area (TPSA) is 81.7 Å². The van der Waals surface area contributed by atoms with E-state index in [1.807, 2.05) is 31.2 Å². The summed E-state index contributed by atoms with van der Waals surface area (Å²) >= 11 is 7.30. The number of esters is 1. The fourth-order valence-corrected chi connectivity index (χ4v) is 6.40. The van der Waals surface area contributed by atoms with E-state index in [0.717, 1.165) is 21.2 Å². The monoisotopic (exact) mass is 495 g/mol. The standard InChI is InChI=1S/C23H26ClNO5S2/c1-4-29-22(26)14-30-20-9-7-17(12-15(20)2)6-5-11-25-32(27,28)23-16(3)19-13-18(24)8-10-21(19)31-23/h7-10,12-13,25H,4-6,11,14H2,1-3H3. The molecule has 32 heavy (non-hydrogen) atoms. The summed E-state index contributed by atoms with van der Waals surface area (Å²) in [6.45, 7) is 5.98. The van der Waals surface area contributed by atoms with Crippen LogP contribution in [0.3, 0.4) is 0 Å². The van der Waals surface area contributed by atoms with Gasteiger partial charge in [0.05, 0.1) is 6.61 Å². The third kappa shape index (κ3) is 6.01. The number of thiophene rings is 1. The minimum atomic E-state index is -3.59. The van der Waals surface area contributed by atoms with Crippen molar-refractivity contribution in [2.75, 3.05) is 19.8 Å². The van der Waals surface area contributed by atoms with Gasteiger partial charge in [0.25, 0.3) is 0 Å². The van der Waals surface area contributed by atoms with Gasteiger partial charge in [-0.15, -0.1) is 11.3 Å². The molecule has 172 valence electrons. The van der Waals surface area contributed by atoms with Gasteiger partial charge in [0, 0.05) is 16.3 Å². The lowest BCUT2D eigenvalue weighted by Crippen LogP contribution is -2.24. The normalized spacial score (nSPS) is 11.6. The van der Waals surface area contributed by atoms with Crippen LogP contribution < -0.4 is 9.46 Å². The molecule has 3 aromatic rings. The first-order valence-electron chi connectivity index (χ1n) is 10.3. The van der Waals surface area contributed by atoms with E-state index in [1.54, 1.807) is 26.0 Å². The first-order valence-corrected chi connectivity index (χ1v) is 12.9. The lowest BCUT2D eigenvalue weighted by molar-refractivity contribution is -0.145. The van der Waals surface area contributed by atoms with Crippen LogP contribution >= 0.6 is 22.9 Å². The highest BCUT2D eigenvalue weighted by molar-refractivity contribution is 7.91. The van der Waals surface area contributed by atoms with E-state index in [1.165, 1.54) is 11.3 Å². The van der Waals surface area contributed by atoms with Crippen molar-refractivity contribution in [3.63, 3.8) is 0 Å². The highest BCUT2D eigenvalue weighted by atomic mass is 35.5. The molecule has 0 saturated heterocycles. The summed E-state index contributed by atoms with van der Waals surface area (Å²) in [7, 11) is -3.59. The van der Waals surface area contributed by atoms with Gasteiger partial charge in [-0.25, -0.2) is 17.9 Å². The van der Waals surface area contributed by atoms with Crippen molar-refractivity contribution < 1.29 is 22.7 Å². The average Bonchev–Trinajstić information content (AvgIpc) is 3.07. The van der Waals surface area contributed by atoms with E-state index < -0.39 is 16.0 Å². The van der Waals surface area contributed by atoms with Crippen molar-refractivity contribution >= 4 is 49.0 Å². The summed E-state index contributed by atoms with van der Waals surface area (Å²) in [5.41, 5.74) is 2.69. The number of ether oxygens (including phenoxy) is 2. The SMILES string of the molecule is CCOC(=O)COc1ccc(CCCNS(=O)(=O)c2sc3ccc(Cl)cc3c2C)cc1C. The molecule has 0 aliphatic carbocycles. The zero-order chi connectivity index (χ0) is 23.3. The van der Waals surface area contributed by atoms with Crippen LogP contribution in [-0.2, 0) is 26.0 Å². The molecule has 1 heterocycles. The summed E-state index contributed by atoms with van der Waals surface area (Å²) in [5, 5.41) is 1.45. The second kappa shape index (κ2) is 10.7. The predicted molar refractivity (Wildman–Crippen MR) is 128 cm³/mol. The molecule has 9 heteroatoms. The molecular weight excluding hydrogens is 470 g/mol. The third-order valence-electron chi connectivity index (χ3n) is 4.92. The second-order valence-corrected chi connectivity index (χ2v) is 10.8. The summed E-state index contributed by atoms with van der Waals surface area (Å²) in [6.07, 6.45) is 1.36. The molecule has 0 unspecified atom stereocenters. The number of nitrogens with one attached hydrogen (secondary N) is 1. The third-order valence-corrected chi connectivity index (χ3v) is 8.51. The number of benzene rings is 2. The van der Waals surface area contributed by atoms with Crippen LogP contribution in [0.15, 0.2) is 40.6 Å². The van der Waals surface area contributed by atoms with Gasteiger partial charge >= 0.3 is 5.97 Å². The van der Waals surface area contributed by atoms with Gasteiger partial charge in [0.15, 0.2) is 6.61 Å². The molecule has 3 rings (SSSR count). The Bertz CT molecular complexity index is 1220.